The molecule has 160 valence electrons. The van der Waals surface area contributed by atoms with Crippen molar-refractivity contribution in [2.75, 3.05) is 56.7 Å². The van der Waals surface area contributed by atoms with Crippen LogP contribution < -0.4 is 20.1 Å². The number of anilines is 2. The van der Waals surface area contributed by atoms with E-state index in [9.17, 15) is 4.79 Å². The highest BCUT2D eigenvalue weighted by Crippen LogP contribution is 2.24. The molecule has 1 aromatic heterocycles. The number of para-hydroxylation sites is 1. The van der Waals surface area contributed by atoms with Gasteiger partial charge in [-0.3, -0.25) is 14.7 Å². The second-order valence-corrected chi connectivity index (χ2v) is 7.29. The molecule has 0 spiro atoms. The molecule has 0 amide bonds. The van der Waals surface area contributed by atoms with Gasteiger partial charge in [-0.1, -0.05) is 18.2 Å². The van der Waals surface area contributed by atoms with Crippen molar-refractivity contribution < 1.29 is 4.74 Å². The summed E-state index contributed by atoms with van der Waals surface area (Å²) in [5.41, 5.74) is 2.04. The molecule has 1 aromatic carbocycles. The topological polar surface area (TPSA) is 64.7 Å². The lowest BCUT2D eigenvalue weighted by Crippen LogP contribution is -2.47. The number of aromatic nitrogens is 2. The van der Waals surface area contributed by atoms with Gasteiger partial charge in [-0.25, -0.2) is 0 Å². The van der Waals surface area contributed by atoms with Crippen LogP contribution in [-0.4, -0.2) is 61.7 Å². The third-order valence-corrected chi connectivity index (χ3v) is 5.52. The molecule has 0 saturated carbocycles. The SMILES string of the molecule is COc1ccccc1CN1CCN(c2nc3c(c(=O)[nH]2)CCCN3C)CC1.Cl.Cl. The Bertz CT molecular complexity index is 868. The van der Waals surface area contributed by atoms with E-state index in [0.717, 1.165) is 69.2 Å². The molecule has 1 saturated heterocycles. The monoisotopic (exact) mass is 441 g/mol. The summed E-state index contributed by atoms with van der Waals surface area (Å²) >= 11 is 0. The van der Waals surface area contributed by atoms with Crippen molar-refractivity contribution in [2.24, 2.45) is 0 Å². The highest BCUT2D eigenvalue weighted by atomic mass is 35.5. The molecular formula is C20H29Cl2N5O2. The lowest BCUT2D eigenvalue weighted by Gasteiger charge is -2.36. The van der Waals surface area contributed by atoms with Crippen LogP contribution >= 0.6 is 24.8 Å². The van der Waals surface area contributed by atoms with E-state index in [2.05, 4.69) is 25.8 Å². The normalized spacial score (nSPS) is 16.5. The number of aromatic amines is 1. The molecule has 4 rings (SSSR count). The molecular weight excluding hydrogens is 413 g/mol. The Labute approximate surface area is 183 Å². The van der Waals surface area contributed by atoms with Gasteiger partial charge < -0.3 is 14.5 Å². The smallest absolute Gasteiger partial charge is 0.257 e. The highest BCUT2D eigenvalue weighted by Gasteiger charge is 2.24. The fourth-order valence-corrected chi connectivity index (χ4v) is 3.96. The Hall–Kier alpha value is -1.96. The summed E-state index contributed by atoms with van der Waals surface area (Å²) in [7, 11) is 3.73. The highest BCUT2D eigenvalue weighted by molar-refractivity contribution is 5.85. The molecule has 2 aliphatic heterocycles. The van der Waals surface area contributed by atoms with E-state index < -0.39 is 0 Å². The van der Waals surface area contributed by atoms with Crippen LogP contribution in [0, 0.1) is 0 Å². The zero-order chi connectivity index (χ0) is 18.8. The van der Waals surface area contributed by atoms with Crippen LogP contribution in [0.25, 0.3) is 0 Å². The number of rotatable bonds is 4. The summed E-state index contributed by atoms with van der Waals surface area (Å²) < 4.78 is 5.46. The van der Waals surface area contributed by atoms with Crippen molar-refractivity contribution in [2.45, 2.75) is 19.4 Å². The maximum atomic E-state index is 12.5. The molecule has 0 aliphatic carbocycles. The molecule has 29 heavy (non-hydrogen) atoms. The fraction of sp³-hybridized carbons (Fsp3) is 0.500. The van der Waals surface area contributed by atoms with Gasteiger partial charge in [0.2, 0.25) is 5.95 Å². The van der Waals surface area contributed by atoms with Gasteiger partial charge in [0.25, 0.3) is 5.56 Å². The second kappa shape index (κ2) is 10.2. The number of benzene rings is 1. The zero-order valence-corrected chi connectivity index (χ0v) is 18.5. The Kier molecular flexibility index (Phi) is 8.19. The maximum Gasteiger partial charge on any atom is 0.257 e. The molecule has 7 nitrogen and oxygen atoms in total. The first kappa shape index (κ1) is 23.3. The van der Waals surface area contributed by atoms with Crippen LogP contribution in [0.15, 0.2) is 29.1 Å². The van der Waals surface area contributed by atoms with Crippen molar-refractivity contribution in [3.63, 3.8) is 0 Å². The Morgan fingerprint density at radius 3 is 2.55 bits per heavy atom. The number of hydrogen-bond acceptors (Lipinski definition) is 6. The van der Waals surface area contributed by atoms with Gasteiger partial charge in [0.05, 0.1) is 12.7 Å². The third-order valence-electron chi connectivity index (χ3n) is 5.52. The fourth-order valence-electron chi connectivity index (χ4n) is 3.96. The van der Waals surface area contributed by atoms with Crippen LogP contribution in [-0.2, 0) is 13.0 Å². The van der Waals surface area contributed by atoms with Gasteiger partial charge in [-0.2, -0.15) is 4.98 Å². The molecule has 2 aromatic rings. The molecule has 0 unspecified atom stereocenters. The number of nitrogens with one attached hydrogen (secondary N) is 1. The molecule has 1 N–H and O–H groups in total. The number of H-pyrrole nitrogens is 1. The Morgan fingerprint density at radius 1 is 1.10 bits per heavy atom. The van der Waals surface area contributed by atoms with E-state index in [1.165, 1.54) is 5.56 Å². The Morgan fingerprint density at radius 2 is 1.83 bits per heavy atom. The quantitative estimate of drug-likeness (QED) is 0.785. The predicted octanol–water partition coefficient (Wildman–Crippen LogP) is 2.33. The van der Waals surface area contributed by atoms with Crippen molar-refractivity contribution in [3.8, 4) is 5.75 Å². The summed E-state index contributed by atoms with van der Waals surface area (Å²) in [5, 5.41) is 0. The average molecular weight is 442 g/mol. The lowest BCUT2D eigenvalue weighted by molar-refractivity contribution is 0.245. The molecule has 9 heteroatoms. The third kappa shape index (κ3) is 4.97. The standard InChI is InChI=1S/C20H27N5O2.2ClH/c1-23-9-5-7-16-18(23)21-20(22-19(16)26)25-12-10-24(11-13-25)14-15-6-3-4-8-17(15)27-2;;/h3-4,6,8H,5,7,9-14H2,1-2H3,(H,21,22,26);2*1H. The van der Waals surface area contributed by atoms with Crippen molar-refractivity contribution in [1.82, 2.24) is 14.9 Å². The summed E-state index contributed by atoms with van der Waals surface area (Å²) in [6.07, 6.45) is 1.82. The van der Waals surface area contributed by atoms with Crippen molar-refractivity contribution >= 4 is 36.6 Å². The summed E-state index contributed by atoms with van der Waals surface area (Å²) in [5.74, 6) is 2.48. The van der Waals surface area contributed by atoms with Gasteiger partial charge in [-0.05, 0) is 18.9 Å². The number of fused-ring (bicyclic) bond motifs is 1. The van der Waals surface area contributed by atoms with Gasteiger partial charge in [0, 0.05) is 51.9 Å². The minimum Gasteiger partial charge on any atom is -0.496 e. The number of nitrogens with zero attached hydrogens (tertiary/aromatic N) is 4. The largest absolute Gasteiger partial charge is 0.496 e. The van der Waals surface area contributed by atoms with Crippen molar-refractivity contribution in [1.29, 1.82) is 0 Å². The van der Waals surface area contributed by atoms with Crippen LogP contribution in [0.5, 0.6) is 5.75 Å². The average Bonchev–Trinajstić information content (AvgIpc) is 2.70. The number of methoxy groups -OCH3 is 1. The summed E-state index contributed by atoms with van der Waals surface area (Å²) in [6, 6.07) is 8.16. The lowest BCUT2D eigenvalue weighted by atomic mass is 10.1. The number of piperazine rings is 1. The van der Waals surface area contributed by atoms with E-state index in [1.54, 1.807) is 7.11 Å². The van der Waals surface area contributed by atoms with Crippen LogP contribution in [0.4, 0.5) is 11.8 Å². The van der Waals surface area contributed by atoms with E-state index in [0.29, 0.717) is 5.95 Å². The number of halogens is 2. The van der Waals surface area contributed by atoms with Crippen LogP contribution in [0.3, 0.4) is 0 Å². The van der Waals surface area contributed by atoms with Gasteiger partial charge in [0.15, 0.2) is 0 Å². The van der Waals surface area contributed by atoms with E-state index in [-0.39, 0.29) is 30.4 Å². The van der Waals surface area contributed by atoms with Crippen LogP contribution in [0.1, 0.15) is 17.5 Å². The zero-order valence-electron chi connectivity index (χ0n) is 16.9. The first-order valence-electron chi connectivity index (χ1n) is 9.59. The predicted molar refractivity (Wildman–Crippen MR) is 121 cm³/mol. The number of hydrogen-bond donors (Lipinski definition) is 1. The maximum absolute atomic E-state index is 12.5. The molecule has 3 heterocycles. The first-order chi connectivity index (χ1) is 13.2. The molecule has 2 aliphatic rings. The molecule has 0 atom stereocenters. The molecule has 0 radical (unpaired) electrons. The second-order valence-electron chi connectivity index (χ2n) is 7.29. The van der Waals surface area contributed by atoms with E-state index in [4.69, 9.17) is 9.72 Å². The van der Waals surface area contributed by atoms with E-state index >= 15 is 0 Å². The van der Waals surface area contributed by atoms with Gasteiger partial charge in [0.1, 0.15) is 11.6 Å². The van der Waals surface area contributed by atoms with Crippen LogP contribution in [0.2, 0.25) is 0 Å². The number of ether oxygens (including phenoxy) is 1. The van der Waals surface area contributed by atoms with Crippen molar-refractivity contribution in [3.05, 3.63) is 45.7 Å². The molecule has 1 fully saturated rings. The Balaban J connectivity index is 0.00000150. The molecule has 0 bridgehead atoms. The van der Waals surface area contributed by atoms with Gasteiger partial charge >= 0.3 is 0 Å². The minimum atomic E-state index is 0. The summed E-state index contributed by atoms with van der Waals surface area (Å²) in [6.45, 7) is 5.37. The van der Waals surface area contributed by atoms with Gasteiger partial charge in [-0.15, -0.1) is 24.8 Å². The minimum absolute atomic E-state index is 0. The first-order valence-corrected chi connectivity index (χ1v) is 9.59. The summed E-state index contributed by atoms with van der Waals surface area (Å²) in [4.78, 5) is 26.9. The van der Waals surface area contributed by atoms with E-state index in [1.807, 2.05) is 25.2 Å².